The zero-order valence-electron chi connectivity index (χ0n) is 12.9. The summed E-state index contributed by atoms with van der Waals surface area (Å²) in [5.74, 6) is 0. The third-order valence-corrected chi connectivity index (χ3v) is 4.76. The second-order valence-electron chi connectivity index (χ2n) is 5.29. The average Bonchev–Trinajstić information content (AvgIpc) is 2.59. The summed E-state index contributed by atoms with van der Waals surface area (Å²) in [6, 6.07) is 5.28. The Hall–Kier alpha value is -1.72. The summed E-state index contributed by atoms with van der Waals surface area (Å²) in [5.41, 5.74) is -1.96. The van der Waals surface area contributed by atoms with Crippen LogP contribution in [-0.2, 0) is 10.8 Å². The normalized spacial score (nSPS) is 11.5. The second kappa shape index (κ2) is 8.31. The Kier molecular flexibility index (Phi) is 6.58. The van der Waals surface area contributed by atoms with Crippen molar-refractivity contribution in [3.8, 4) is 0 Å². The minimum absolute atomic E-state index is 0.282. The van der Waals surface area contributed by atoms with E-state index in [1.54, 1.807) is 0 Å². The molecule has 138 valence electrons. The molecule has 0 bridgehead atoms. The van der Waals surface area contributed by atoms with E-state index < -0.39 is 49.0 Å². The summed E-state index contributed by atoms with van der Waals surface area (Å²) in [4.78, 5) is -0.564. The van der Waals surface area contributed by atoms with Crippen LogP contribution in [0.3, 0.4) is 0 Å². The zero-order chi connectivity index (χ0) is 19.6. The highest BCUT2D eigenvalue weighted by atomic mass is 32.2. The Morgan fingerprint density at radius 1 is 0.692 bits per heavy atom. The molecule has 0 aromatic heterocycles. The Bertz CT molecular complexity index is 702. The number of halogens is 4. The van der Waals surface area contributed by atoms with Gasteiger partial charge in [0.15, 0.2) is 0 Å². The van der Waals surface area contributed by atoms with Crippen LogP contribution in [0.25, 0.3) is 0 Å². The highest BCUT2D eigenvalue weighted by Crippen LogP contribution is 2.25. The molecule has 0 saturated carbocycles. The maximum absolute atomic E-state index is 13.0. The van der Waals surface area contributed by atoms with Gasteiger partial charge in [0.2, 0.25) is 0 Å². The van der Waals surface area contributed by atoms with E-state index in [4.69, 9.17) is 0 Å². The van der Waals surface area contributed by atoms with Gasteiger partial charge in [-0.3, -0.25) is 0 Å². The largest absolute Gasteiger partial charge is 0.488 e. The average molecular weight is 390 g/mol. The van der Waals surface area contributed by atoms with E-state index in [0.29, 0.717) is 0 Å². The molecular formula is C14H12B2F4O5S. The van der Waals surface area contributed by atoms with Gasteiger partial charge in [0.05, 0.1) is 10.8 Å². The topological polar surface area (TPSA) is 98.0 Å². The van der Waals surface area contributed by atoms with E-state index in [-0.39, 0.29) is 20.7 Å². The van der Waals surface area contributed by atoms with Gasteiger partial charge in [-0.05, 0) is 35.2 Å². The van der Waals surface area contributed by atoms with Crippen molar-refractivity contribution in [2.45, 2.75) is 22.6 Å². The van der Waals surface area contributed by atoms with E-state index in [9.17, 15) is 41.9 Å². The lowest BCUT2D eigenvalue weighted by Crippen LogP contribution is -2.31. The third kappa shape index (κ3) is 4.71. The molecule has 2 rings (SSSR count). The number of hydrogen-bond donors (Lipinski definition) is 4. The molecule has 0 fully saturated rings. The van der Waals surface area contributed by atoms with Gasteiger partial charge in [0, 0.05) is 20.9 Å². The van der Waals surface area contributed by atoms with Crippen LogP contribution in [-0.4, -0.2) is 38.5 Å². The van der Waals surface area contributed by atoms with Crippen molar-refractivity contribution in [1.29, 1.82) is 0 Å². The lowest BCUT2D eigenvalue weighted by Gasteiger charge is -2.12. The molecule has 5 nitrogen and oxygen atoms in total. The molecule has 12 heteroatoms. The smallest absolute Gasteiger partial charge is 0.423 e. The van der Waals surface area contributed by atoms with Crippen LogP contribution in [0.2, 0.25) is 0 Å². The predicted molar refractivity (Wildman–Crippen MR) is 87.1 cm³/mol. The highest BCUT2D eigenvalue weighted by Gasteiger charge is 2.22. The van der Waals surface area contributed by atoms with Crippen LogP contribution >= 0.6 is 0 Å². The summed E-state index contributed by atoms with van der Waals surface area (Å²) in [7, 11) is -6.48. The minimum atomic E-state index is -2.99. The fraction of sp³-hybridized carbons (Fsp3) is 0.143. The van der Waals surface area contributed by atoms with Crippen LogP contribution in [0.1, 0.15) is 24.0 Å². The van der Waals surface area contributed by atoms with Gasteiger partial charge in [-0.2, -0.15) is 0 Å². The number of rotatable bonds is 6. The molecule has 0 unspecified atom stereocenters. The molecule has 0 heterocycles. The summed E-state index contributed by atoms with van der Waals surface area (Å²) in [6.45, 7) is 0. The van der Waals surface area contributed by atoms with Gasteiger partial charge < -0.3 is 20.1 Å². The van der Waals surface area contributed by atoms with Crippen molar-refractivity contribution in [2.24, 2.45) is 0 Å². The van der Waals surface area contributed by atoms with Gasteiger partial charge in [-0.1, -0.05) is 12.1 Å². The summed E-state index contributed by atoms with van der Waals surface area (Å²) < 4.78 is 64.5. The monoisotopic (exact) mass is 390 g/mol. The molecule has 2 aromatic rings. The molecule has 0 amide bonds. The molecule has 4 N–H and O–H groups in total. The summed E-state index contributed by atoms with van der Waals surface area (Å²) >= 11 is 0. The lowest BCUT2D eigenvalue weighted by atomic mass is 9.79. The Morgan fingerprint density at radius 2 is 1.04 bits per heavy atom. The Labute approximate surface area is 148 Å². The summed E-state index contributed by atoms with van der Waals surface area (Å²) in [6.07, 6.45) is -5.99. The van der Waals surface area contributed by atoms with E-state index in [1.165, 1.54) is 0 Å². The first-order chi connectivity index (χ1) is 12.1. The van der Waals surface area contributed by atoms with Gasteiger partial charge in [-0.25, -0.2) is 21.8 Å². The van der Waals surface area contributed by atoms with Crippen LogP contribution in [0.15, 0.2) is 46.2 Å². The molecule has 0 radical (unpaired) electrons. The first kappa shape index (κ1) is 20.6. The van der Waals surface area contributed by atoms with Gasteiger partial charge in [0.1, 0.15) is 0 Å². The standard InChI is InChI=1S/C14H12B2F4O5S/c17-13(18)7-1-9(15(21)22)5-11(3-7)26(25)12-4-8(14(19)20)2-10(6-12)16(23)24/h1-6,13-14,21-24H. The van der Waals surface area contributed by atoms with Crippen molar-refractivity contribution in [2.75, 3.05) is 0 Å². The molecule has 0 atom stereocenters. The first-order valence-electron chi connectivity index (χ1n) is 7.10. The maximum atomic E-state index is 13.0. The molecule has 0 spiro atoms. The van der Waals surface area contributed by atoms with Crippen molar-refractivity contribution in [1.82, 2.24) is 0 Å². The Morgan fingerprint density at radius 3 is 1.31 bits per heavy atom. The van der Waals surface area contributed by atoms with Crippen molar-refractivity contribution >= 4 is 36.0 Å². The second-order valence-corrected chi connectivity index (χ2v) is 6.77. The van der Waals surface area contributed by atoms with Crippen LogP contribution in [0.4, 0.5) is 17.6 Å². The van der Waals surface area contributed by atoms with Crippen molar-refractivity contribution in [3.63, 3.8) is 0 Å². The molecular weight excluding hydrogens is 378 g/mol. The van der Waals surface area contributed by atoms with E-state index in [0.717, 1.165) is 36.4 Å². The number of benzene rings is 2. The molecule has 0 aliphatic carbocycles. The quantitative estimate of drug-likeness (QED) is 0.414. The molecule has 0 saturated heterocycles. The SMILES string of the molecule is O=S(c1cc(B(O)O)cc(C(F)F)c1)c1cc(B(O)O)cc(C(F)F)c1. The molecule has 0 aliphatic heterocycles. The van der Waals surface area contributed by atoms with E-state index in [2.05, 4.69) is 0 Å². The van der Waals surface area contributed by atoms with Gasteiger partial charge in [0.25, 0.3) is 12.9 Å². The van der Waals surface area contributed by atoms with Crippen molar-refractivity contribution in [3.05, 3.63) is 47.5 Å². The third-order valence-electron chi connectivity index (χ3n) is 3.43. The summed E-state index contributed by atoms with van der Waals surface area (Å²) in [5, 5.41) is 36.7. The van der Waals surface area contributed by atoms with Gasteiger partial charge in [-0.15, -0.1) is 0 Å². The van der Waals surface area contributed by atoms with Crippen molar-refractivity contribution < 1.29 is 41.9 Å². The van der Waals surface area contributed by atoms with Crippen LogP contribution in [0.5, 0.6) is 0 Å². The van der Waals surface area contributed by atoms with Crippen LogP contribution in [0, 0.1) is 0 Å². The minimum Gasteiger partial charge on any atom is -0.423 e. The molecule has 2 aromatic carbocycles. The lowest BCUT2D eigenvalue weighted by molar-refractivity contribution is 0.151. The maximum Gasteiger partial charge on any atom is 0.488 e. The number of hydrogen-bond acceptors (Lipinski definition) is 5. The highest BCUT2D eigenvalue weighted by molar-refractivity contribution is 7.85. The Balaban J connectivity index is 2.58. The number of alkyl halides is 4. The van der Waals surface area contributed by atoms with Crippen LogP contribution < -0.4 is 10.9 Å². The zero-order valence-corrected chi connectivity index (χ0v) is 13.7. The first-order valence-corrected chi connectivity index (χ1v) is 8.25. The fourth-order valence-corrected chi connectivity index (χ4v) is 3.44. The van der Waals surface area contributed by atoms with E-state index in [1.807, 2.05) is 0 Å². The van der Waals surface area contributed by atoms with E-state index >= 15 is 0 Å². The molecule has 0 aliphatic rings. The van der Waals surface area contributed by atoms with Gasteiger partial charge >= 0.3 is 14.2 Å². The predicted octanol–water partition coefficient (Wildman–Crippen LogP) is 0.0881. The fourth-order valence-electron chi connectivity index (χ4n) is 2.19. The molecule has 26 heavy (non-hydrogen) atoms.